The van der Waals surface area contributed by atoms with E-state index in [-0.39, 0.29) is 34.6 Å². The minimum absolute atomic E-state index is 0.0913. The Balaban J connectivity index is 1.74. The highest BCUT2D eigenvalue weighted by Crippen LogP contribution is 2.34. The number of hydrogen-bond acceptors (Lipinski definition) is 6. The Morgan fingerprint density at radius 1 is 1.19 bits per heavy atom. The van der Waals surface area contributed by atoms with Crippen LogP contribution < -0.4 is 0 Å². The predicted molar refractivity (Wildman–Crippen MR) is 119 cm³/mol. The van der Waals surface area contributed by atoms with E-state index in [4.69, 9.17) is 27.6 Å². The lowest BCUT2D eigenvalue weighted by atomic mass is 9.93. The first-order valence-electron chi connectivity index (χ1n) is 9.58. The first kappa shape index (κ1) is 22.3. The highest BCUT2D eigenvalue weighted by atomic mass is 35.5. The molecule has 10 heteroatoms. The van der Waals surface area contributed by atoms with Gasteiger partial charge in [0.25, 0.3) is 11.8 Å². The molecule has 0 radical (unpaired) electrons. The van der Waals surface area contributed by atoms with E-state index >= 15 is 0 Å². The maximum absolute atomic E-state index is 13.2. The minimum Gasteiger partial charge on any atom is -0.457 e. The molecule has 1 unspecified atom stereocenters. The first-order valence-corrected chi connectivity index (χ1v) is 12.2. The number of benzene rings is 1. The number of hydrogen-bond donors (Lipinski definition) is 0. The molecule has 32 heavy (non-hydrogen) atoms. The van der Waals surface area contributed by atoms with Crippen LogP contribution in [0.2, 0.25) is 10.0 Å². The van der Waals surface area contributed by atoms with E-state index in [0.717, 1.165) is 4.90 Å². The number of carbonyl (C=O) groups is 2. The molecule has 0 saturated carbocycles. The molecule has 1 atom stereocenters. The number of imide groups is 1. The second-order valence-electron chi connectivity index (χ2n) is 7.53. The third-order valence-electron chi connectivity index (χ3n) is 5.46. The minimum atomic E-state index is -3.35. The molecule has 0 N–H and O–H groups in total. The number of sulfone groups is 1. The van der Waals surface area contributed by atoms with Crippen molar-refractivity contribution in [1.82, 2.24) is 4.90 Å². The van der Waals surface area contributed by atoms with Gasteiger partial charge in [-0.3, -0.25) is 14.5 Å². The summed E-state index contributed by atoms with van der Waals surface area (Å²) in [7, 11) is -3.35. The fourth-order valence-corrected chi connectivity index (χ4v) is 6.02. The van der Waals surface area contributed by atoms with Crippen LogP contribution in [0.1, 0.15) is 19.1 Å². The molecule has 7 nitrogen and oxygen atoms in total. The number of nitrogens with zero attached hydrogens (tertiary/aromatic N) is 2. The molecule has 2 aliphatic rings. The largest absolute Gasteiger partial charge is 0.457 e. The van der Waals surface area contributed by atoms with Gasteiger partial charge < -0.3 is 4.42 Å². The van der Waals surface area contributed by atoms with Crippen molar-refractivity contribution in [3.8, 4) is 17.4 Å². The van der Waals surface area contributed by atoms with Crippen LogP contribution in [0.4, 0.5) is 0 Å². The van der Waals surface area contributed by atoms with Crippen LogP contribution in [0.3, 0.4) is 0 Å². The van der Waals surface area contributed by atoms with E-state index in [1.54, 1.807) is 30.3 Å². The van der Waals surface area contributed by atoms with Crippen LogP contribution in [-0.4, -0.2) is 42.7 Å². The van der Waals surface area contributed by atoms with E-state index in [9.17, 15) is 23.3 Å². The van der Waals surface area contributed by atoms with Gasteiger partial charge in [-0.25, -0.2) is 8.42 Å². The van der Waals surface area contributed by atoms with E-state index in [0.29, 0.717) is 27.1 Å². The number of rotatable bonds is 3. The molecule has 1 aromatic carbocycles. The van der Waals surface area contributed by atoms with E-state index in [2.05, 4.69) is 0 Å². The van der Waals surface area contributed by atoms with Crippen LogP contribution in [0.15, 0.2) is 51.5 Å². The maximum atomic E-state index is 13.2. The Kier molecular flexibility index (Phi) is 5.76. The molecular weight excluding hydrogens is 475 g/mol. The molecule has 2 amide bonds. The van der Waals surface area contributed by atoms with Gasteiger partial charge in [-0.2, -0.15) is 5.26 Å². The normalized spacial score (nSPS) is 22.0. The quantitative estimate of drug-likeness (QED) is 0.474. The van der Waals surface area contributed by atoms with Gasteiger partial charge in [0, 0.05) is 16.2 Å². The molecule has 3 heterocycles. The van der Waals surface area contributed by atoms with Crippen LogP contribution in [-0.2, 0) is 19.4 Å². The first-order chi connectivity index (χ1) is 15.1. The maximum Gasteiger partial charge on any atom is 0.271 e. The molecule has 1 saturated heterocycles. The number of nitriles is 1. The molecule has 164 valence electrons. The monoisotopic (exact) mass is 490 g/mol. The van der Waals surface area contributed by atoms with Gasteiger partial charge in [0.05, 0.1) is 22.6 Å². The van der Waals surface area contributed by atoms with Crippen molar-refractivity contribution in [2.24, 2.45) is 0 Å². The number of carbonyl (C=O) groups excluding carboxylic acids is 2. The van der Waals surface area contributed by atoms with Gasteiger partial charge in [0.15, 0.2) is 9.84 Å². The summed E-state index contributed by atoms with van der Waals surface area (Å²) in [6.45, 7) is 1.50. The Bertz CT molecular complexity index is 1360. The second-order valence-corrected chi connectivity index (χ2v) is 10.6. The van der Waals surface area contributed by atoms with Crippen LogP contribution in [0, 0.1) is 11.3 Å². The smallest absolute Gasteiger partial charge is 0.271 e. The van der Waals surface area contributed by atoms with Crippen molar-refractivity contribution in [3.05, 3.63) is 62.9 Å². The lowest BCUT2D eigenvalue weighted by Crippen LogP contribution is -2.49. The molecule has 1 aromatic heterocycles. The van der Waals surface area contributed by atoms with Crippen molar-refractivity contribution >= 4 is 50.9 Å². The molecule has 0 bridgehead atoms. The molecule has 2 aromatic rings. The summed E-state index contributed by atoms with van der Waals surface area (Å²) >= 11 is 12.2. The average molecular weight is 491 g/mol. The van der Waals surface area contributed by atoms with Gasteiger partial charge in [-0.05, 0) is 55.3 Å². The number of amides is 2. The zero-order valence-electron chi connectivity index (χ0n) is 16.8. The third-order valence-corrected chi connectivity index (χ3v) is 7.75. The molecule has 0 spiro atoms. The van der Waals surface area contributed by atoms with Crippen LogP contribution in [0.25, 0.3) is 17.4 Å². The standard InChI is InChI=1S/C22H16Cl2N2O5S/c1-12-17(9-15-3-5-20(31-15)16-4-2-13(23)8-19(16)24)21(27)26(22(28)18(12)10-25)14-6-7-32(29,30)11-14/h2-5,8-9,14H,6-7,11H2,1H3/b17-9+. The van der Waals surface area contributed by atoms with Gasteiger partial charge in [0.1, 0.15) is 23.2 Å². The fraction of sp³-hybridized carbons (Fsp3) is 0.227. The third kappa shape index (κ3) is 3.99. The van der Waals surface area contributed by atoms with Crippen molar-refractivity contribution in [1.29, 1.82) is 5.26 Å². The summed E-state index contributed by atoms with van der Waals surface area (Å²) < 4.78 is 29.6. The number of furan rings is 1. The summed E-state index contributed by atoms with van der Waals surface area (Å²) in [5, 5.41) is 10.4. The van der Waals surface area contributed by atoms with Crippen LogP contribution in [0.5, 0.6) is 0 Å². The van der Waals surface area contributed by atoms with E-state index in [1.165, 1.54) is 13.0 Å². The Morgan fingerprint density at radius 3 is 2.56 bits per heavy atom. The summed E-state index contributed by atoms with van der Waals surface area (Å²) in [5.41, 5.74) is 0.705. The lowest BCUT2D eigenvalue weighted by Gasteiger charge is -2.31. The van der Waals surface area contributed by atoms with Crippen molar-refractivity contribution in [3.63, 3.8) is 0 Å². The van der Waals surface area contributed by atoms with Gasteiger partial charge in [-0.1, -0.05) is 23.2 Å². The fourth-order valence-electron chi connectivity index (χ4n) is 3.82. The summed E-state index contributed by atoms with van der Waals surface area (Å²) in [4.78, 5) is 26.9. The Labute approximate surface area is 194 Å². The number of halogens is 2. The van der Waals surface area contributed by atoms with Crippen molar-refractivity contribution in [2.45, 2.75) is 19.4 Å². The highest BCUT2D eigenvalue weighted by Gasteiger charge is 2.43. The molecular formula is C22H16Cl2N2O5S. The summed E-state index contributed by atoms with van der Waals surface area (Å²) in [5.74, 6) is -1.10. The Hall–Kier alpha value is -2.86. The SMILES string of the molecule is CC1=C(C#N)C(=O)N(C2CCS(=O)(=O)C2)C(=O)/C1=C/c1ccc(-c2ccc(Cl)cc2Cl)o1. The summed E-state index contributed by atoms with van der Waals surface area (Å²) in [6, 6.07) is 9.28. The molecule has 1 fully saturated rings. The van der Waals surface area contributed by atoms with Crippen molar-refractivity contribution < 1.29 is 22.4 Å². The van der Waals surface area contributed by atoms with E-state index in [1.807, 2.05) is 6.07 Å². The summed E-state index contributed by atoms with van der Waals surface area (Å²) in [6.07, 6.45) is 1.58. The Morgan fingerprint density at radius 2 is 1.94 bits per heavy atom. The molecule has 4 rings (SSSR count). The average Bonchev–Trinajstić information content (AvgIpc) is 3.32. The molecule has 2 aliphatic heterocycles. The zero-order chi connectivity index (χ0) is 23.2. The van der Waals surface area contributed by atoms with Crippen molar-refractivity contribution in [2.75, 3.05) is 11.5 Å². The second kappa shape index (κ2) is 8.24. The van der Waals surface area contributed by atoms with Crippen LogP contribution >= 0.6 is 23.2 Å². The highest BCUT2D eigenvalue weighted by molar-refractivity contribution is 7.91. The molecule has 0 aliphatic carbocycles. The lowest BCUT2D eigenvalue weighted by molar-refractivity contribution is -0.142. The predicted octanol–water partition coefficient (Wildman–Crippen LogP) is 4.03. The zero-order valence-corrected chi connectivity index (χ0v) is 19.1. The van der Waals surface area contributed by atoms with Gasteiger partial charge in [-0.15, -0.1) is 0 Å². The van der Waals surface area contributed by atoms with Gasteiger partial charge >= 0.3 is 0 Å². The van der Waals surface area contributed by atoms with E-state index < -0.39 is 27.7 Å². The van der Waals surface area contributed by atoms with Gasteiger partial charge in [0.2, 0.25) is 0 Å². The topological polar surface area (TPSA) is 108 Å².